The second-order valence-corrected chi connectivity index (χ2v) is 5.70. The van der Waals surface area contributed by atoms with E-state index in [1.54, 1.807) is 30.3 Å². The van der Waals surface area contributed by atoms with Gasteiger partial charge in [-0.15, -0.1) is 24.0 Å². The number of guanidine groups is 1. The number of hydrogen-bond donors (Lipinski definition) is 2. The highest BCUT2D eigenvalue weighted by Gasteiger charge is 2.08. The molecule has 0 amide bonds. The normalized spacial score (nSPS) is 11.0. The number of aliphatic imine (C=N–C) groups is 1. The number of ether oxygens (including phenoxy) is 3. The zero-order valence-electron chi connectivity index (χ0n) is 16.4. The summed E-state index contributed by atoms with van der Waals surface area (Å²) in [6.45, 7) is 4.46. The van der Waals surface area contributed by atoms with Gasteiger partial charge in [0.15, 0.2) is 5.96 Å². The quantitative estimate of drug-likeness (QED) is 0.270. The van der Waals surface area contributed by atoms with Gasteiger partial charge < -0.3 is 25.3 Å². The molecule has 0 saturated heterocycles. The summed E-state index contributed by atoms with van der Waals surface area (Å²) in [6, 6.07) is 12.2. The summed E-state index contributed by atoms with van der Waals surface area (Å²) >= 11 is 0. The fraction of sp³-hybridized carbons (Fsp3) is 0.350. The highest BCUT2D eigenvalue weighted by Crippen LogP contribution is 2.29. The zero-order chi connectivity index (χ0) is 20.4. The number of nitrogens with two attached hydrogens (primary N) is 1. The number of halogens is 3. The van der Waals surface area contributed by atoms with Crippen LogP contribution in [0.1, 0.15) is 19.4 Å². The first-order valence-corrected chi connectivity index (χ1v) is 8.98. The maximum Gasteiger partial charge on any atom is 0.272 e. The van der Waals surface area contributed by atoms with E-state index in [9.17, 15) is 8.78 Å². The number of anilines is 1. The molecule has 2 rings (SSSR count). The molecule has 0 atom stereocenters. The van der Waals surface area contributed by atoms with Gasteiger partial charge in [0, 0.05) is 6.07 Å². The highest BCUT2D eigenvalue weighted by molar-refractivity contribution is 14.0. The highest BCUT2D eigenvalue weighted by atomic mass is 127. The molecule has 0 aromatic heterocycles. The van der Waals surface area contributed by atoms with E-state index < -0.39 is 13.0 Å². The predicted molar refractivity (Wildman–Crippen MR) is 121 cm³/mol. The molecule has 0 aliphatic heterocycles. The van der Waals surface area contributed by atoms with Crippen molar-refractivity contribution in [3.05, 3.63) is 48.0 Å². The van der Waals surface area contributed by atoms with Crippen LogP contribution in [0.4, 0.5) is 14.5 Å². The second kappa shape index (κ2) is 13.0. The van der Waals surface area contributed by atoms with Crippen LogP contribution in [-0.4, -0.2) is 32.2 Å². The standard InChI is InChI=1S/C20H25F2N3O3.HI/c1-3-26-16-8-9-18(27-4-2)17(11-16)25-20(23)24-12-14-6-5-7-15(10-14)28-13-19(21)22;/h5-11,19H,3-4,12-13H2,1-2H3,(H3,23,24,25);1H. The third-order valence-electron chi connectivity index (χ3n) is 3.53. The minimum absolute atomic E-state index is 0. The first-order valence-electron chi connectivity index (χ1n) is 8.98. The van der Waals surface area contributed by atoms with Gasteiger partial charge in [0.25, 0.3) is 6.43 Å². The minimum Gasteiger partial charge on any atom is -0.494 e. The Morgan fingerprint density at radius 2 is 1.76 bits per heavy atom. The molecule has 160 valence electrons. The van der Waals surface area contributed by atoms with E-state index in [-0.39, 0.29) is 36.5 Å². The minimum atomic E-state index is -2.52. The largest absolute Gasteiger partial charge is 0.494 e. The summed E-state index contributed by atoms with van der Waals surface area (Å²) in [5.41, 5.74) is 7.41. The third kappa shape index (κ3) is 8.71. The molecule has 2 aromatic carbocycles. The fourth-order valence-corrected chi connectivity index (χ4v) is 2.39. The Balaban J connectivity index is 0.00000420. The van der Waals surface area contributed by atoms with Crippen LogP contribution in [0.3, 0.4) is 0 Å². The van der Waals surface area contributed by atoms with Gasteiger partial charge in [0.1, 0.15) is 23.9 Å². The lowest BCUT2D eigenvalue weighted by Gasteiger charge is -2.14. The molecule has 29 heavy (non-hydrogen) atoms. The van der Waals surface area contributed by atoms with Gasteiger partial charge in [-0.05, 0) is 43.7 Å². The van der Waals surface area contributed by atoms with Gasteiger partial charge in [-0.2, -0.15) is 0 Å². The summed E-state index contributed by atoms with van der Waals surface area (Å²) in [5.74, 6) is 1.87. The van der Waals surface area contributed by atoms with Crippen LogP contribution in [0, 0.1) is 0 Å². The van der Waals surface area contributed by atoms with E-state index in [0.717, 1.165) is 5.56 Å². The van der Waals surface area contributed by atoms with Crippen molar-refractivity contribution in [3.63, 3.8) is 0 Å². The molecule has 0 saturated carbocycles. The molecule has 6 nitrogen and oxygen atoms in total. The lowest BCUT2D eigenvalue weighted by Crippen LogP contribution is -2.23. The number of alkyl halides is 2. The van der Waals surface area contributed by atoms with Crippen molar-refractivity contribution >= 4 is 35.6 Å². The van der Waals surface area contributed by atoms with Gasteiger partial charge in [-0.25, -0.2) is 13.8 Å². The van der Waals surface area contributed by atoms with Crippen LogP contribution in [0.2, 0.25) is 0 Å². The number of hydrogen-bond acceptors (Lipinski definition) is 4. The maximum atomic E-state index is 12.3. The van der Waals surface area contributed by atoms with Gasteiger partial charge in [-0.3, -0.25) is 0 Å². The Kier molecular flexibility index (Phi) is 11.1. The van der Waals surface area contributed by atoms with Gasteiger partial charge in [0.05, 0.1) is 25.4 Å². The molecule has 0 fully saturated rings. The van der Waals surface area contributed by atoms with E-state index >= 15 is 0 Å². The molecule has 0 unspecified atom stereocenters. The van der Waals surface area contributed by atoms with Gasteiger partial charge in [0.2, 0.25) is 0 Å². The van der Waals surface area contributed by atoms with Crippen molar-refractivity contribution in [3.8, 4) is 17.2 Å². The summed E-state index contributed by atoms with van der Waals surface area (Å²) in [4.78, 5) is 4.29. The van der Waals surface area contributed by atoms with E-state index in [1.165, 1.54) is 0 Å². The number of nitrogens with one attached hydrogen (secondary N) is 1. The number of benzene rings is 2. The smallest absolute Gasteiger partial charge is 0.272 e. The van der Waals surface area contributed by atoms with Gasteiger partial charge in [-0.1, -0.05) is 12.1 Å². The predicted octanol–water partition coefficient (Wildman–Crippen LogP) is 4.67. The molecule has 2 aromatic rings. The molecule has 0 spiro atoms. The van der Waals surface area contributed by atoms with Crippen molar-refractivity contribution in [1.82, 2.24) is 0 Å². The number of rotatable bonds is 10. The molecular weight excluding hydrogens is 495 g/mol. The maximum absolute atomic E-state index is 12.3. The zero-order valence-corrected chi connectivity index (χ0v) is 18.7. The SMILES string of the molecule is CCOc1ccc(OCC)c(NC(N)=NCc2cccc(OCC(F)F)c2)c1.I. The molecule has 0 bridgehead atoms. The Morgan fingerprint density at radius 1 is 1.03 bits per heavy atom. The second-order valence-electron chi connectivity index (χ2n) is 5.70. The Hall–Kier alpha value is -2.30. The van der Waals surface area contributed by atoms with E-state index in [2.05, 4.69) is 10.3 Å². The summed E-state index contributed by atoms with van der Waals surface area (Å²) < 4.78 is 40.6. The summed E-state index contributed by atoms with van der Waals surface area (Å²) in [7, 11) is 0. The van der Waals surface area contributed by atoms with Crippen LogP contribution >= 0.6 is 24.0 Å². The Morgan fingerprint density at radius 3 is 2.45 bits per heavy atom. The Bertz CT molecular complexity index is 791. The van der Waals surface area contributed by atoms with Crippen LogP contribution in [0.25, 0.3) is 0 Å². The van der Waals surface area contributed by atoms with E-state index in [0.29, 0.717) is 36.1 Å². The lowest BCUT2D eigenvalue weighted by atomic mass is 10.2. The molecular formula is C20H26F2IN3O3. The fourth-order valence-electron chi connectivity index (χ4n) is 2.39. The van der Waals surface area contributed by atoms with Crippen LogP contribution in [0.15, 0.2) is 47.5 Å². The Labute approximate surface area is 186 Å². The molecule has 3 N–H and O–H groups in total. The topological polar surface area (TPSA) is 78.1 Å². The molecule has 0 radical (unpaired) electrons. The molecule has 0 aliphatic rings. The van der Waals surface area contributed by atoms with Crippen molar-refractivity contribution in [2.45, 2.75) is 26.8 Å². The van der Waals surface area contributed by atoms with Crippen molar-refractivity contribution in [2.24, 2.45) is 10.7 Å². The monoisotopic (exact) mass is 521 g/mol. The third-order valence-corrected chi connectivity index (χ3v) is 3.53. The summed E-state index contributed by atoms with van der Waals surface area (Å²) in [6.07, 6.45) is -2.52. The summed E-state index contributed by atoms with van der Waals surface area (Å²) in [5, 5.41) is 3.01. The van der Waals surface area contributed by atoms with Crippen LogP contribution < -0.4 is 25.3 Å². The van der Waals surface area contributed by atoms with Gasteiger partial charge >= 0.3 is 0 Å². The van der Waals surface area contributed by atoms with Crippen molar-refractivity contribution < 1.29 is 23.0 Å². The molecule has 9 heteroatoms. The van der Waals surface area contributed by atoms with E-state index in [4.69, 9.17) is 19.9 Å². The van der Waals surface area contributed by atoms with Crippen molar-refractivity contribution in [1.29, 1.82) is 0 Å². The van der Waals surface area contributed by atoms with Crippen LogP contribution in [-0.2, 0) is 6.54 Å². The first kappa shape index (κ1) is 24.7. The number of nitrogens with zero attached hydrogens (tertiary/aromatic N) is 1. The molecule has 0 heterocycles. The van der Waals surface area contributed by atoms with Crippen LogP contribution in [0.5, 0.6) is 17.2 Å². The molecule has 0 aliphatic carbocycles. The van der Waals surface area contributed by atoms with E-state index in [1.807, 2.05) is 26.0 Å². The first-order chi connectivity index (χ1) is 13.5. The lowest BCUT2D eigenvalue weighted by molar-refractivity contribution is 0.0818. The van der Waals surface area contributed by atoms with Crippen molar-refractivity contribution in [2.75, 3.05) is 25.1 Å². The average Bonchev–Trinajstić information content (AvgIpc) is 2.67. The average molecular weight is 521 g/mol.